The van der Waals surface area contributed by atoms with Gasteiger partial charge in [-0.15, -0.1) is 5.10 Å². The molecule has 2 aliphatic rings. The maximum absolute atomic E-state index is 11.7. The summed E-state index contributed by atoms with van der Waals surface area (Å²) in [5.41, 5.74) is 5.13. The van der Waals surface area contributed by atoms with E-state index in [0.29, 0.717) is 17.7 Å². The summed E-state index contributed by atoms with van der Waals surface area (Å²) in [5.74, 6) is 1.28. The fourth-order valence-electron chi connectivity index (χ4n) is 3.25. The van der Waals surface area contributed by atoms with Gasteiger partial charge in [0, 0.05) is 19.1 Å². The fraction of sp³-hybridized carbons (Fsp3) is 0.727. The molecule has 3 unspecified atom stereocenters. The molecule has 2 heterocycles. The van der Waals surface area contributed by atoms with E-state index >= 15 is 0 Å². The number of hydrogen-bond acceptors (Lipinski definition) is 5. The molecule has 1 aliphatic heterocycles. The van der Waals surface area contributed by atoms with Crippen LogP contribution in [0.4, 0.5) is 5.82 Å². The Morgan fingerprint density at radius 2 is 2.11 bits per heavy atom. The molecule has 7 heteroatoms. The van der Waals surface area contributed by atoms with Crippen molar-refractivity contribution in [1.29, 1.82) is 0 Å². The summed E-state index contributed by atoms with van der Waals surface area (Å²) in [4.78, 5) is 26.8. The number of nitrogens with zero attached hydrogens (tertiary/aromatic N) is 2. The van der Waals surface area contributed by atoms with Gasteiger partial charge in [-0.25, -0.2) is 9.89 Å². The second-order valence-corrected chi connectivity index (χ2v) is 5.25. The lowest BCUT2D eigenvalue weighted by Crippen LogP contribution is -2.38. The van der Waals surface area contributed by atoms with E-state index in [4.69, 9.17) is 5.73 Å². The van der Waals surface area contributed by atoms with Crippen LogP contribution in [0.5, 0.6) is 0 Å². The van der Waals surface area contributed by atoms with Crippen molar-refractivity contribution in [2.24, 2.45) is 17.6 Å². The van der Waals surface area contributed by atoms with Gasteiger partial charge in [0.25, 0.3) is 5.56 Å². The monoisotopic (exact) mass is 251 g/mol. The van der Waals surface area contributed by atoms with Gasteiger partial charge >= 0.3 is 5.69 Å². The first-order valence-electron chi connectivity index (χ1n) is 6.34. The van der Waals surface area contributed by atoms with E-state index in [9.17, 15) is 9.59 Å². The third-order valence-electron chi connectivity index (χ3n) is 4.15. The highest BCUT2D eigenvalue weighted by Gasteiger charge is 2.39. The van der Waals surface area contributed by atoms with E-state index in [1.54, 1.807) is 0 Å². The average molecular weight is 251 g/mol. The molecule has 1 aliphatic carbocycles. The summed E-state index contributed by atoms with van der Waals surface area (Å²) in [5, 5.41) is 6.12. The van der Waals surface area contributed by atoms with Crippen LogP contribution < -0.4 is 21.9 Å². The molecule has 18 heavy (non-hydrogen) atoms. The van der Waals surface area contributed by atoms with Crippen LogP contribution in [0.2, 0.25) is 0 Å². The maximum Gasteiger partial charge on any atom is 0.342 e. The summed E-state index contributed by atoms with van der Waals surface area (Å²) in [6, 6.07) is 0.218. The van der Waals surface area contributed by atoms with Gasteiger partial charge in [-0.1, -0.05) is 6.42 Å². The van der Waals surface area contributed by atoms with E-state index in [1.165, 1.54) is 0 Å². The number of nitrogens with one attached hydrogen (secondary N) is 2. The fourth-order valence-corrected chi connectivity index (χ4v) is 3.25. The zero-order valence-corrected chi connectivity index (χ0v) is 10.1. The summed E-state index contributed by atoms with van der Waals surface area (Å²) in [7, 11) is 0. The molecule has 98 valence electrons. The SMILES string of the molecule is NC1CCCC2CN(c3n[nH]c(=O)[nH]c3=O)CC12. The molecular weight excluding hydrogens is 234 g/mol. The van der Waals surface area contributed by atoms with E-state index < -0.39 is 11.2 Å². The highest BCUT2D eigenvalue weighted by atomic mass is 16.2. The molecule has 1 aromatic heterocycles. The third kappa shape index (κ3) is 1.84. The Hall–Kier alpha value is -1.63. The van der Waals surface area contributed by atoms with Gasteiger partial charge in [-0.3, -0.25) is 9.78 Å². The predicted molar refractivity (Wildman–Crippen MR) is 66.5 cm³/mol. The van der Waals surface area contributed by atoms with Crippen molar-refractivity contribution in [3.63, 3.8) is 0 Å². The largest absolute Gasteiger partial charge is 0.350 e. The lowest BCUT2D eigenvalue weighted by molar-refractivity contribution is 0.260. The Morgan fingerprint density at radius 1 is 1.28 bits per heavy atom. The van der Waals surface area contributed by atoms with E-state index in [0.717, 1.165) is 32.4 Å². The second-order valence-electron chi connectivity index (χ2n) is 5.25. The average Bonchev–Trinajstić information content (AvgIpc) is 2.74. The van der Waals surface area contributed by atoms with Crippen molar-refractivity contribution in [1.82, 2.24) is 15.2 Å². The van der Waals surface area contributed by atoms with E-state index in [1.807, 2.05) is 4.90 Å². The van der Waals surface area contributed by atoms with Crippen LogP contribution in [0.1, 0.15) is 19.3 Å². The molecule has 1 saturated heterocycles. The number of aromatic nitrogens is 3. The van der Waals surface area contributed by atoms with Gasteiger partial charge in [0.1, 0.15) is 0 Å². The lowest BCUT2D eigenvalue weighted by Gasteiger charge is -2.29. The first kappa shape index (κ1) is 11.5. The second kappa shape index (κ2) is 4.24. The van der Waals surface area contributed by atoms with Crippen molar-refractivity contribution in [3.05, 3.63) is 20.8 Å². The molecule has 0 bridgehead atoms. The number of nitrogens with two attached hydrogens (primary N) is 1. The van der Waals surface area contributed by atoms with Gasteiger partial charge in [0.15, 0.2) is 0 Å². The Labute approximate surface area is 103 Å². The van der Waals surface area contributed by atoms with Crippen LogP contribution >= 0.6 is 0 Å². The van der Waals surface area contributed by atoms with Crippen LogP contribution in [0.25, 0.3) is 0 Å². The van der Waals surface area contributed by atoms with Gasteiger partial charge in [-0.2, -0.15) is 0 Å². The van der Waals surface area contributed by atoms with Crippen molar-refractivity contribution in [2.75, 3.05) is 18.0 Å². The van der Waals surface area contributed by atoms with Crippen LogP contribution in [0.3, 0.4) is 0 Å². The quantitative estimate of drug-likeness (QED) is 0.594. The summed E-state index contributed by atoms with van der Waals surface area (Å²) >= 11 is 0. The standard InChI is InChI=1S/C11H17N5O2/c12-8-3-1-2-6-4-16(5-7(6)8)9-10(17)13-11(18)15-14-9/h6-8H,1-5,12H2,(H2,13,15,17,18). The molecule has 1 aromatic rings. The number of hydrogen-bond donors (Lipinski definition) is 3. The highest BCUT2D eigenvalue weighted by molar-refractivity contribution is 5.36. The topological polar surface area (TPSA) is 108 Å². The molecule has 3 atom stereocenters. The molecule has 3 rings (SSSR count). The summed E-state index contributed by atoms with van der Waals surface area (Å²) in [6.45, 7) is 1.56. The Kier molecular flexibility index (Phi) is 2.70. The normalized spacial score (nSPS) is 31.4. The number of H-pyrrole nitrogens is 2. The molecule has 1 saturated carbocycles. The van der Waals surface area contributed by atoms with Crippen molar-refractivity contribution < 1.29 is 0 Å². The van der Waals surface area contributed by atoms with Crippen molar-refractivity contribution in [3.8, 4) is 0 Å². The van der Waals surface area contributed by atoms with E-state index in [-0.39, 0.29) is 6.04 Å². The molecule has 7 nitrogen and oxygen atoms in total. The molecule has 0 amide bonds. The van der Waals surface area contributed by atoms with Crippen LogP contribution in [0.15, 0.2) is 9.59 Å². The van der Waals surface area contributed by atoms with Gasteiger partial charge in [-0.05, 0) is 24.7 Å². The first-order chi connectivity index (χ1) is 8.65. The van der Waals surface area contributed by atoms with Gasteiger partial charge in [0.05, 0.1) is 0 Å². The zero-order chi connectivity index (χ0) is 12.7. The number of anilines is 1. The number of aromatic amines is 2. The van der Waals surface area contributed by atoms with Crippen LogP contribution in [-0.2, 0) is 0 Å². The minimum Gasteiger partial charge on any atom is -0.350 e. The number of rotatable bonds is 1. The minimum absolute atomic E-state index is 0.218. The van der Waals surface area contributed by atoms with Crippen LogP contribution in [0, 0.1) is 11.8 Å². The third-order valence-corrected chi connectivity index (χ3v) is 4.15. The molecule has 4 N–H and O–H groups in total. The first-order valence-corrected chi connectivity index (χ1v) is 6.34. The molecule has 2 fully saturated rings. The summed E-state index contributed by atoms with van der Waals surface area (Å²) < 4.78 is 0. The molecule has 0 radical (unpaired) electrons. The highest BCUT2D eigenvalue weighted by Crippen LogP contribution is 2.36. The Morgan fingerprint density at radius 3 is 2.83 bits per heavy atom. The Bertz CT molecular complexity index is 551. The van der Waals surface area contributed by atoms with Crippen molar-refractivity contribution in [2.45, 2.75) is 25.3 Å². The minimum atomic E-state index is -0.572. The Balaban J connectivity index is 1.87. The van der Waals surface area contributed by atoms with Gasteiger partial charge in [0.2, 0.25) is 5.82 Å². The maximum atomic E-state index is 11.7. The molecule has 0 spiro atoms. The predicted octanol–water partition coefficient (Wildman–Crippen LogP) is -0.978. The smallest absolute Gasteiger partial charge is 0.342 e. The number of fused-ring (bicyclic) bond motifs is 1. The zero-order valence-electron chi connectivity index (χ0n) is 10.1. The van der Waals surface area contributed by atoms with Crippen LogP contribution in [-0.4, -0.2) is 34.3 Å². The molecule has 0 aromatic carbocycles. The van der Waals surface area contributed by atoms with Gasteiger partial charge < -0.3 is 10.6 Å². The van der Waals surface area contributed by atoms with Crippen molar-refractivity contribution >= 4 is 5.82 Å². The lowest BCUT2D eigenvalue weighted by atomic mass is 9.78. The molecular formula is C11H17N5O2. The van der Waals surface area contributed by atoms with E-state index in [2.05, 4.69) is 15.2 Å². The summed E-state index contributed by atoms with van der Waals surface area (Å²) in [6.07, 6.45) is 3.38.